The fourth-order valence-electron chi connectivity index (χ4n) is 2.87. The number of fused-ring (bicyclic) bond motifs is 2. The van der Waals surface area contributed by atoms with E-state index in [4.69, 9.17) is 11.5 Å². The van der Waals surface area contributed by atoms with Crippen LogP contribution in [0.5, 0.6) is 0 Å². The van der Waals surface area contributed by atoms with Gasteiger partial charge >= 0.3 is 0 Å². The molecule has 4 rings (SSSR count). The van der Waals surface area contributed by atoms with Crippen molar-refractivity contribution in [3.05, 3.63) is 42.0 Å². The summed E-state index contributed by atoms with van der Waals surface area (Å²) in [6.45, 7) is 10.8. The summed E-state index contributed by atoms with van der Waals surface area (Å²) >= 11 is 0. The lowest BCUT2D eigenvalue weighted by molar-refractivity contribution is 0.754. The number of anilines is 2. The van der Waals surface area contributed by atoms with Crippen LogP contribution in [0.15, 0.2) is 30.9 Å². The summed E-state index contributed by atoms with van der Waals surface area (Å²) in [4.78, 5) is 8.29. The first kappa shape index (κ1) is 18.8. The smallest absolute Gasteiger partial charge is 0.151 e. The molecule has 4 heterocycles. The van der Waals surface area contributed by atoms with Crippen molar-refractivity contribution >= 4 is 37.6 Å². The fraction of sp³-hybridized carbons (Fsp3) is 0.333. The Morgan fingerprint density at radius 3 is 2.48 bits per heavy atom. The second kappa shape index (κ2) is 6.99. The largest absolute Gasteiger partial charge is 0.382 e. The highest BCUT2D eigenvalue weighted by atomic mass is 28.2. The Hall–Kier alpha value is -2.94. The Morgan fingerprint density at radius 1 is 1.07 bits per heavy atom. The second-order valence-electron chi connectivity index (χ2n) is 7.86. The van der Waals surface area contributed by atoms with Crippen LogP contribution < -0.4 is 16.9 Å². The molecule has 0 saturated carbocycles. The van der Waals surface area contributed by atoms with E-state index in [0.717, 1.165) is 16.5 Å². The molecule has 142 valence electrons. The van der Waals surface area contributed by atoms with Crippen molar-refractivity contribution in [3.8, 4) is 0 Å². The standard InChI is InChI=1S/C12H20N4Si.C6H6N4/c1-7-6-16-9(8(7)2)10(13)14-11(15-16)17-12(3,4)5;7-6-5-2-1-3-10(5)9-4-8-6/h6H,17H2,1-5H3,(H2,13,14,15);1-4H,(H2,7,8,9). The van der Waals surface area contributed by atoms with E-state index in [1.165, 1.54) is 17.5 Å². The molecule has 0 aliphatic carbocycles. The zero-order chi connectivity index (χ0) is 19.8. The highest BCUT2D eigenvalue weighted by Crippen LogP contribution is 2.21. The van der Waals surface area contributed by atoms with Crippen LogP contribution in [-0.4, -0.2) is 38.7 Å². The third-order valence-electron chi connectivity index (χ3n) is 4.26. The zero-order valence-corrected chi connectivity index (χ0v) is 17.8. The van der Waals surface area contributed by atoms with Crippen molar-refractivity contribution in [2.75, 3.05) is 11.5 Å². The summed E-state index contributed by atoms with van der Waals surface area (Å²) in [7, 11) is -0.509. The van der Waals surface area contributed by atoms with Gasteiger partial charge in [0.05, 0.1) is 0 Å². The third kappa shape index (κ3) is 4.08. The quantitative estimate of drug-likeness (QED) is 0.479. The Labute approximate surface area is 160 Å². The zero-order valence-electron chi connectivity index (χ0n) is 16.4. The van der Waals surface area contributed by atoms with Crippen LogP contribution in [0.3, 0.4) is 0 Å². The Balaban J connectivity index is 0.000000177. The Morgan fingerprint density at radius 2 is 1.81 bits per heavy atom. The number of hydrogen-bond donors (Lipinski definition) is 2. The first-order valence-electron chi connectivity index (χ1n) is 8.80. The van der Waals surface area contributed by atoms with Gasteiger partial charge in [-0.3, -0.25) is 0 Å². The molecule has 0 aliphatic heterocycles. The predicted octanol–water partition coefficient (Wildman–Crippen LogP) is 1.25. The normalized spacial score (nSPS) is 12.0. The summed E-state index contributed by atoms with van der Waals surface area (Å²) in [5.74, 6) is 1.12. The van der Waals surface area contributed by atoms with Gasteiger partial charge in [-0.1, -0.05) is 20.8 Å². The van der Waals surface area contributed by atoms with Crippen LogP contribution in [0.2, 0.25) is 5.04 Å². The fourth-order valence-corrected chi connectivity index (χ4v) is 4.29. The summed E-state index contributed by atoms with van der Waals surface area (Å²) in [5.41, 5.74) is 16.7. The molecule has 0 amide bonds. The number of hydrogen-bond acceptors (Lipinski definition) is 6. The molecular formula is C18H26N8Si. The van der Waals surface area contributed by atoms with Gasteiger partial charge in [0, 0.05) is 12.4 Å². The van der Waals surface area contributed by atoms with E-state index < -0.39 is 9.52 Å². The molecular weight excluding hydrogens is 356 g/mol. The molecule has 0 radical (unpaired) electrons. The summed E-state index contributed by atoms with van der Waals surface area (Å²) < 4.78 is 3.57. The van der Waals surface area contributed by atoms with E-state index >= 15 is 0 Å². The van der Waals surface area contributed by atoms with E-state index in [2.05, 4.69) is 54.8 Å². The van der Waals surface area contributed by atoms with E-state index in [0.29, 0.717) is 16.7 Å². The van der Waals surface area contributed by atoms with Crippen molar-refractivity contribution in [1.82, 2.24) is 29.2 Å². The number of nitrogen functional groups attached to an aromatic ring is 2. The molecule has 4 aromatic heterocycles. The first-order valence-corrected chi connectivity index (χ1v) is 10.2. The number of aromatic nitrogens is 6. The number of aryl methyl sites for hydroxylation is 2. The first-order chi connectivity index (χ1) is 12.7. The van der Waals surface area contributed by atoms with Gasteiger partial charge < -0.3 is 11.5 Å². The molecule has 4 aromatic rings. The van der Waals surface area contributed by atoms with Gasteiger partial charge in [-0.15, -0.1) is 0 Å². The van der Waals surface area contributed by atoms with Crippen molar-refractivity contribution < 1.29 is 0 Å². The number of nitrogens with zero attached hydrogens (tertiary/aromatic N) is 6. The maximum Gasteiger partial charge on any atom is 0.151 e. The number of rotatable bonds is 1. The van der Waals surface area contributed by atoms with Crippen LogP contribution >= 0.6 is 0 Å². The molecule has 0 fully saturated rings. The summed E-state index contributed by atoms with van der Waals surface area (Å²) in [5, 5.41) is 8.82. The van der Waals surface area contributed by atoms with Gasteiger partial charge in [0.25, 0.3) is 0 Å². The van der Waals surface area contributed by atoms with Crippen molar-refractivity contribution in [1.29, 1.82) is 0 Å². The van der Waals surface area contributed by atoms with Gasteiger partial charge in [0.2, 0.25) is 0 Å². The molecule has 0 aromatic carbocycles. The van der Waals surface area contributed by atoms with E-state index in [9.17, 15) is 0 Å². The Bertz CT molecular complexity index is 1090. The minimum Gasteiger partial charge on any atom is -0.382 e. The number of nitrogens with two attached hydrogens (primary N) is 2. The van der Waals surface area contributed by atoms with E-state index in [-0.39, 0.29) is 0 Å². The van der Waals surface area contributed by atoms with Crippen molar-refractivity contribution in [3.63, 3.8) is 0 Å². The van der Waals surface area contributed by atoms with Crippen LogP contribution in [0.1, 0.15) is 31.9 Å². The molecule has 0 spiro atoms. The molecule has 0 bridgehead atoms. The molecule has 0 aliphatic rings. The molecule has 8 nitrogen and oxygen atoms in total. The van der Waals surface area contributed by atoms with E-state index in [1.54, 1.807) is 4.52 Å². The van der Waals surface area contributed by atoms with E-state index in [1.807, 2.05) is 29.0 Å². The highest BCUT2D eigenvalue weighted by Gasteiger charge is 2.17. The lowest BCUT2D eigenvalue weighted by Gasteiger charge is -2.16. The van der Waals surface area contributed by atoms with Gasteiger partial charge in [0.1, 0.15) is 32.3 Å². The van der Waals surface area contributed by atoms with Gasteiger partial charge in [-0.25, -0.2) is 19.0 Å². The Kier molecular flexibility index (Phi) is 4.88. The summed E-state index contributed by atoms with van der Waals surface area (Å²) in [6.07, 6.45) is 5.29. The lowest BCUT2D eigenvalue weighted by Crippen LogP contribution is -2.31. The molecule has 4 N–H and O–H groups in total. The minimum atomic E-state index is -0.509. The van der Waals surface area contributed by atoms with Crippen molar-refractivity contribution in [2.45, 2.75) is 39.7 Å². The van der Waals surface area contributed by atoms with Crippen LogP contribution in [0, 0.1) is 13.8 Å². The summed E-state index contributed by atoms with van der Waals surface area (Å²) in [6, 6.07) is 3.75. The molecule has 0 unspecified atom stereocenters. The SMILES string of the molecule is Cc1cn2nc([SiH2]C(C)(C)C)nc(N)c2c1C.Nc1ncnn2cccc12. The average Bonchev–Trinajstić information content (AvgIpc) is 3.13. The molecule has 27 heavy (non-hydrogen) atoms. The monoisotopic (exact) mass is 382 g/mol. The van der Waals surface area contributed by atoms with Gasteiger partial charge in [-0.05, 0) is 42.1 Å². The van der Waals surface area contributed by atoms with Gasteiger partial charge in [0.15, 0.2) is 11.6 Å². The topological polar surface area (TPSA) is 112 Å². The van der Waals surface area contributed by atoms with Crippen LogP contribution in [0.4, 0.5) is 11.6 Å². The maximum atomic E-state index is 6.04. The maximum absolute atomic E-state index is 6.04. The average molecular weight is 383 g/mol. The lowest BCUT2D eigenvalue weighted by atomic mass is 10.2. The second-order valence-corrected chi connectivity index (χ2v) is 11.0. The van der Waals surface area contributed by atoms with Gasteiger partial charge in [-0.2, -0.15) is 10.2 Å². The highest BCUT2D eigenvalue weighted by molar-refractivity contribution is 6.54. The van der Waals surface area contributed by atoms with Crippen LogP contribution in [-0.2, 0) is 0 Å². The molecule has 0 atom stereocenters. The minimum absolute atomic E-state index is 0.303. The van der Waals surface area contributed by atoms with Crippen molar-refractivity contribution in [2.24, 2.45) is 0 Å². The van der Waals surface area contributed by atoms with Crippen LogP contribution in [0.25, 0.3) is 11.0 Å². The third-order valence-corrected chi connectivity index (χ3v) is 5.94. The predicted molar refractivity (Wildman–Crippen MR) is 112 cm³/mol. The molecule has 0 saturated heterocycles. The molecule has 9 heteroatoms.